The summed E-state index contributed by atoms with van der Waals surface area (Å²) in [7, 11) is 1.64. The molecule has 2 aromatic rings. The van der Waals surface area contributed by atoms with E-state index in [-0.39, 0.29) is 11.9 Å². The van der Waals surface area contributed by atoms with Crippen LogP contribution in [-0.2, 0) is 11.2 Å². The van der Waals surface area contributed by atoms with Gasteiger partial charge in [-0.3, -0.25) is 4.79 Å². The molecule has 0 saturated carbocycles. The summed E-state index contributed by atoms with van der Waals surface area (Å²) in [5.74, 6) is 2.09. The molecule has 3 atom stereocenters. The molecule has 4 nitrogen and oxygen atoms in total. The van der Waals surface area contributed by atoms with E-state index in [0.29, 0.717) is 18.3 Å². The first-order valence-corrected chi connectivity index (χ1v) is 8.71. The zero-order valence-electron chi connectivity index (χ0n) is 14.2. The SMILES string of the molecule is CCC1CC2C=CC1N(C(=O)Cc1coc3cc(OC)ccc13)C2. The minimum atomic E-state index is 0.200. The van der Waals surface area contributed by atoms with Gasteiger partial charge in [0.2, 0.25) is 5.91 Å². The molecule has 3 aliphatic rings. The largest absolute Gasteiger partial charge is 0.497 e. The quantitative estimate of drug-likeness (QED) is 0.803. The smallest absolute Gasteiger partial charge is 0.227 e. The van der Waals surface area contributed by atoms with E-state index < -0.39 is 0 Å². The Morgan fingerprint density at radius 2 is 2.25 bits per heavy atom. The molecule has 1 aromatic carbocycles. The van der Waals surface area contributed by atoms with Gasteiger partial charge in [0.1, 0.15) is 11.3 Å². The van der Waals surface area contributed by atoms with Gasteiger partial charge in [0, 0.05) is 23.6 Å². The highest BCUT2D eigenvalue weighted by molar-refractivity contribution is 5.88. The second-order valence-electron chi connectivity index (χ2n) is 6.89. The predicted molar refractivity (Wildman–Crippen MR) is 93.0 cm³/mol. The van der Waals surface area contributed by atoms with Gasteiger partial charge in [-0.25, -0.2) is 0 Å². The normalized spacial score (nSPS) is 25.4. The number of hydrogen-bond donors (Lipinski definition) is 0. The Hall–Kier alpha value is -2.23. The van der Waals surface area contributed by atoms with Crippen LogP contribution in [0.15, 0.2) is 41.0 Å². The molecule has 1 saturated heterocycles. The fraction of sp³-hybridized carbons (Fsp3) is 0.450. The van der Waals surface area contributed by atoms with Gasteiger partial charge in [0.25, 0.3) is 0 Å². The van der Waals surface area contributed by atoms with Crippen LogP contribution in [0.1, 0.15) is 25.3 Å². The van der Waals surface area contributed by atoms with Crippen LogP contribution in [-0.4, -0.2) is 30.5 Å². The molecule has 1 amide bonds. The highest BCUT2D eigenvalue weighted by Gasteiger charge is 2.38. The van der Waals surface area contributed by atoms with Gasteiger partial charge in [-0.2, -0.15) is 0 Å². The minimum Gasteiger partial charge on any atom is -0.497 e. The van der Waals surface area contributed by atoms with Crippen LogP contribution < -0.4 is 4.74 Å². The summed E-state index contributed by atoms with van der Waals surface area (Å²) in [6.07, 6.45) is 8.98. The van der Waals surface area contributed by atoms with E-state index in [1.807, 2.05) is 18.2 Å². The average molecular weight is 325 g/mol. The number of nitrogens with zero attached hydrogens (tertiary/aromatic N) is 1. The number of carbonyl (C=O) groups is 1. The Balaban J connectivity index is 1.55. The lowest BCUT2D eigenvalue weighted by Crippen LogP contribution is -2.53. The van der Waals surface area contributed by atoms with E-state index in [2.05, 4.69) is 24.0 Å². The molecule has 2 aliphatic heterocycles. The number of benzene rings is 1. The van der Waals surface area contributed by atoms with Crippen LogP contribution in [0.2, 0.25) is 0 Å². The Labute approximate surface area is 142 Å². The van der Waals surface area contributed by atoms with Gasteiger partial charge in [-0.15, -0.1) is 0 Å². The van der Waals surface area contributed by atoms with Crippen molar-refractivity contribution in [2.45, 2.75) is 32.2 Å². The molecule has 4 heteroatoms. The topological polar surface area (TPSA) is 42.7 Å². The first kappa shape index (κ1) is 15.3. The summed E-state index contributed by atoms with van der Waals surface area (Å²) in [6, 6.07) is 6.01. The maximum Gasteiger partial charge on any atom is 0.227 e. The summed E-state index contributed by atoms with van der Waals surface area (Å²) in [5, 5.41) is 0.994. The molecule has 3 heterocycles. The van der Waals surface area contributed by atoms with E-state index >= 15 is 0 Å². The zero-order chi connectivity index (χ0) is 16.7. The third-order valence-corrected chi connectivity index (χ3v) is 5.51. The summed E-state index contributed by atoms with van der Waals surface area (Å²) in [6.45, 7) is 3.08. The Morgan fingerprint density at radius 1 is 1.38 bits per heavy atom. The fourth-order valence-corrected chi connectivity index (χ4v) is 4.17. The molecule has 0 radical (unpaired) electrons. The van der Waals surface area contributed by atoms with Crippen molar-refractivity contribution < 1.29 is 13.9 Å². The Bertz CT molecular complexity index is 791. The third kappa shape index (κ3) is 2.50. The van der Waals surface area contributed by atoms with Crippen LogP contribution in [0.25, 0.3) is 11.0 Å². The first-order valence-electron chi connectivity index (χ1n) is 8.71. The number of amides is 1. The van der Waals surface area contributed by atoms with E-state index in [1.165, 1.54) is 6.42 Å². The molecule has 1 fully saturated rings. The van der Waals surface area contributed by atoms with Gasteiger partial charge >= 0.3 is 0 Å². The maximum absolute atomic E-state index is 12.9. The average Bonchev–Trinajstić information content (AvgIpc) is 3.03. The van der Waals surface area contributed by atoms with E-state index in [9.17, 15) is 4.79 Å². The van der Waals surface area contributed by atoms with Crippen LogP contribution in [0.3, 0.4) is 0 Å². The molecule has 1 aliphatic carbocycles. The molecular formula is C20H23NO3. The molecule has 0 N–H and O–H groups in total. The number of rotatable bonds is 4. The standard InChI is InChI=1S/C20H23NO3/c1-3-14-8-13-4-7-18(14)21(11-13)20(22)9-15-12-24-19-10-16(23-2)5-6-17(15)19/h4-7,10,12-14,18H,3,8-9,11H2,1-2H3. The zero-order valence-corrected chi connectivity index (χ0v) is 14.2. The maximum atomic E-state index is 12.9. The molecular weight excluding hydrogens is 302 g/mol. The monoisotopic (exact) mass is 325 g/mol. The number of carbonyl (C=O) groups excluding carboxylic acids is 1. The molecule has 2 bridgehead atoms. The van der Waals surface area contributed by atoms with Gasteiger partial charge in [-0.1, -0.05) is 25.5 Å². The van der Waals surface area contributed by atoms with Gasteiger partial charge in [0.15, 0.2) is 0 Å². The molecule has 1 aromatic heterocycles. The summed E-state index contributed by atoms with van der Waals surface area (Å²) in [4.78, 5) is 15.0. The van der Waals surface area contributed by atoms with Crippen molar-refractivity contribution in [3.05, 3.63) is 42.2 Å². The summed E-state index contributed by atoms with van der Waals surface area (Å²) >= 11 is 0. The minimum absolute atomic E-state index is 0.200. The first-order chi connectivity index (χ1) is 11.7. The number of methoxy groups -OCH3 is 1. The number of furan rings is 1. The lowest BCUT2D eigenvalue weighted by Gasteiger charge is -2.46. The summed E-state index contributed by atoms with van der Waals surface area (Å²) < 4.78 is 10.8. The van der Waals surface area contributed by atoms with Crippen molar-refractivity contribution in [2.75, 3.05) is 13.7 Å². The Morgan fingerprint density at radius 3 is 3.00 bits per heavy atom. The predicted octanol–water partition coefficient (Wildman–Crippen LogP) is 3.80. The van der Waals surface area contributed by atoms with E-state index in [1.54, 1.807) is 13.4 Å². The van der Waals surface area contributed by atoms with E-state index in [4.69, 9.17) is 9.15 Å². The molecule has 5 rings (SSSR count). The van der Waals surface area contributed by atoms with Crippen LogP contribution in [0.5, 0.6) is 5.75 Å². The highest BCUT2D eigenvalue weighted by atomic mass is 16.5. The third-order valence-electron chi connectivity index (χ3n) is 5.51. The van der Waals surface area contributed by atoms with Crippen molar-refractivity contribution in [3.63, 3.8) is 0 Å². The van der Waals surface area contributed by atoms with Gasteiger partial charge < -0.3 is 14.1 Å². The second-order valence-corrected chi connectivity index (χ2v) is 6.89. The number of piperidine rings is 1. The number of ether oxygens (including phenoxy) is 1. The van der Waals surface area contributed by atoms with Crippen LogP contribution in [0, 0.1) is 11.8 Å². The van der Waals surface area contributed by atoms with Crippen molar-refractivity contribution in [2.24, 2.45) is 11.8 Å². The lowest BCUT2D eigenvalue weighted by molar-refractivity contribution is -0.135. The van der Waals surface area contributed by atoms with Crippen molar-refractivity contribution in [1.82, 2.24) is 4.90 Å². The Kier molecular flexibility index (Phi) is 3.83. The van der Waals surface area contributed by atoms with Crippen molar-refractivity contribution in [3.8, 4) is 5.75 Å². The van der Waals surface area contributed by atoms with Crippen molar-refractivity contribution in [1.29, 1.82) is 0 Å². The molecule has 24 heavy (non-hydrogen) atoms. The van der Waals surface area contributed by atoms with Gasteiger partial charge in [-0.05, 0) is 30.4 Å². The van der Waals surface area contributed by atoms with Crippen molar-refractivity contribution >= 4 is 16.9 Å². The van der Waals surface area contributed by atoms with E-state index in [0.717, 1.165) is 35.2 Å². The summed E-state index contributed by atoms with van der Waals surface area (Å²) in [5.41, 5.74) is 1.72. The number of hydrogen-bond acceptors (Lipinski definition) is 3. The number of fused-ring (bicyclic) bond motifs is 3. The second kappa shape index (κ2) is 6.00. The fourth-order valence-electron chi connectivity index (χ4n) is 4.17. The molecule has 126 valence electrons. The highest BCUT2D eigenvalue weighted by Crippen LogP contribution is 2.36. The molecule has 0 spiro atoms. The van der Waals surface area contributed by atoms with Crippen LogP contribution >= 0.6 is 0 Å². The van der Waals surface area contributed by atoms with Crippen LogP contribution in [0.4, 0.5) is 0 Å². The molecule has 3 unspecified atom stereocenters. The lowest BCUT2D eigenvalue weighted by atomic mass is 9.76. The van der Waals surface area contributed by atoms with Gasteiger partial charge in [0.05, 0.1) is 25.8 Å².